The Morgan fingerprint density at radius 1 is 1.15 bits per heavy atom. The van der Waals surface area contributed by atoms with Gasteiger partial charge in [-0.25, -0.2) is 10.8 Å². The lowest BCUT2D eigenvalue weighted by molar-refractivity contribution is 0.302. The topological polar surface area (TPSA) is 60.2 Å². The average molecular weight is 397 g/mol. The van der Waals surface area contributed by atoms with E-state index in [1.165, 1.54) is 0 Å². The molecule has 0 amide bonds. The highest BCUT2D eigenvalue weighted by atomic mass is 79.9. The van der Waals surface area contributed by atoms with Crippen molar-refractivity contribution in [1.82, 2.24) is 4.98 Å². The number of nitrogens with two attached hydrogens (primary N) is 1. The summed E-state index contributed by atoms with van der Waals surface area (Å²) in [6.07, 6.45) is 0. The molecule has 0 saturated carbocycles. The second-order valence-electron chi connectivity index (χ2n) is 3.75. The van der Waals surface area contributed by atoms with Crippen LogP contribution >= 0.6 is 50.7 Å². The normalized spacial score (nSPS) is 10.4. The third-order valence-corrected chi connectivity index (χ3v) is 4.24. The fourth-order valence-corrected chi connectivity index (χ4v) is 2.43. The minimum atomic E-state index is 0.145. The van der Waals surface area contributed by atoms with Crippen LogP contribution in [0.25, 0.3) is 0 Å². The maximum Gasteiger partial charge on any atom is 0.140 e. The number of pyridine rings is 1. The summed E-state index contributed by atoms with van der Waals surface area (Å²) in [6, 6.07) is 6.62. The highest BCUT2D eigenvalue weighted by molar-refractivity contribution is 9.10. The van der Waals surface area contributed by atoms with E-state index >= 15 is 0 Å². The molecule has 0 atom stereocenters. The molecule has 20 heavy (non-hydrogen) atoms. The summed E-state index contributed by atoms with van der Waals surface area (Å²) in [7, 11) is 0. The number of rotatable bonds is 4. The molecule has 2 rings (SSSR count). The zero-order chi connectivity index (χ0) is 14.7. The van der Waals surface area contributed by atoms with Crippen molar-refractivity contribution in [2.45, 2.75) is 6.61 Å². The Kier molecular flexibility index (Phi) is 5.35. The maximum atomic E-state index is 6.07. The van der Waals surface area contributed by atoms with Crippen LogP contribution in [0.2, 0.25) is 15.1 Å². The quantitative estimate of drug-likeness (QED) is 0.447. The molecule has 0 bridgehead atoms. The van der Waals surface area contributed by atoms with Crippen LogP contribution in [-0.2, 0) is 6.61 Å². The van der Waals surface area contributed by atoms with Gasteiger partial charge < -0.3 is 10.2 Å². The molecule has 4 nitrogen and oxygen atoms in total. The second kappa shape index (κ2) is 6.83. The van der Waals surface area contributed by atoms with Gasteiger partial charge in [0.05, 0.1) is 20.8 Å². The molecule has 3 N–H and O–H groups in total. The van der Waals surface area contributed by atoms with Crippen molar-refractivity contribution in [3.63, 3.8) is 0 Å². The maximum absolute atomic E-state index is 6.07. The monoisotopic (exact) mass is 395 g/mol. The number of nitrogen functional groups attached to an aromatic ring is 1. The minimum absolute atomic E-state index is 0.145. The number of benzene rings is 1. The van der Waals surface area contributed by atoms with Crippen molar-refractivity contribution in [1.29, 1.82) is 0 Å². The van der Waals surface area contributed by atoms with Gasteiger partial charge in [-0.2, -0.15) is 0 Å². The van der Waals surface area contributed by atoms with Crippen LogP contribution < -0.4 is 16.0 Å². The van der Waals surface area contributed by atoms with E-state index in [4.69, 9.17) is 45.4 Å². The van der Waals surface area contributed by atoms with Crippen molar-refractivity contribution in [3.05, 3.63) is 49.5 Å². The van der Waals surface area contributed by atoms with Crippen molar-refractivity contribution >= 4 is 56.6 Å². The van der Waals surface area contributed by atoms with E-state index in [0.717, 1.165) is 0 Å². The predicted octanol–water partition coefficient (Wildman–Crippen LogP) is 4.67. The first-order valence-electron chi connectivity index (χ1n) is 5.40. The number of nitrogens with zero attached hydrogens (tertiary/aromatic N) is 1. The molecule has 1 aromatic carbocycles. The first kappa shape index (κ1) is 15.7. The number of hydrogen-bond acceptors (Lipinski definition) is 4. The van der Waals surface area contributed by atoms with Gasteiger partial charge >= 0.3 is 0 Å². The molecule has 1 aromatic heterocycles. The van der Waals surface area contributed by atoms with Gasteiger partial charge in [0.1, 0.15) is 18.2 Å². The molecule has 0 fully saturated rings. The lowest BCUT2D eigenvalue weighted by atomic mass is 10.3. The Balaban J connectivity index is 2.18. The van der Waals surface area contributed by atoms with Crippen LogP contribution in [-0.4, -0.2) is 4.98 Å². The number of nitrogens with one attached hydrogen (secondary N) is 1. The molecule has 0 spiro atoms. The number of halogens is 4. The molecule has 0 unspecified atom stereocenters. The molecule has 1 heterocycles. The lowest BCUT2D eigenvalue weighted by Gasteiger charge is -2.11. The van der Waals surface area contributed by atoms with Gasteiger partial charge in [0.2, 0.25) is 0 Å². The van der Waals surface area contributed by atoms with E-state index in [0.29, 0.717) is 36.8 Å². The van der Waals surface area contributed by atoms with E-state index in [2.05, 4.69) is 26.3 Å². The van der Waals surface area contributed by atoms with Gasteiger partial charge in [0.15, 0.2) is 0 Å². The number of aromatic nitrogens is 1. The van der Waals surface area contributed by atoms with Crippen LogP contribution in [0.15, 0.2) is 28.7 Å². The molecular formula is C12H9BrCl3N3O. The van der Waals surface area contributed by atoms with Crippen molar-refractivity contribution < 1.29 is 4.74 Å². The fraction of sp³-hybridized carbons (Fsp3) is 0.0833. The molecular weight excluding hydrogens is 388 g/mol. The number of anilines is 1. The molecule has 8 heteroatoms. The van der Waals surface area contributed by atoms with Gasteiger partial charge in [-0.1, -0.05) is 34.8 Å². The summed E-state index contributed by atoms with van der Waals surface area (Å²) < 4.78 is 6.28. The summed E-state index contributed by atoms with van der Waals surface area (Å²) in [6.45, 7) is 0.145. The number of hydrazine groups is 1. The first-order chi connectivity index (χ1) is 9.51. The Hall–Kier alpha value is -0.720. The van der Waals surface area contributed by atoms with Crippen LogP contribution in [0.3, 0.4) is 0 Å². The number of ether oxygens (including phenoxy) is 1. The Morgan fingerprint density at radius 3 is 2.60 bits per heavy atom. The average Bonchev–Trinajstić information content (AvgIpc) is 2.43. The van der Waals surface area contributed by atoms with E-state index in [1.54, 1.807) is 24.3 Å². The molecule has 0 radical (unpaired) electrons. The van der Waals surface area contributed by atoms with Gasteiger partial charge in [0.25, 0.3) is 0 Å². The van der Waals surface area contributed by atoms with E-state index in [1.807, 2.05) is 0 Å². The molecule has 0 aliphatic rings. The molecule has 2 aromatic rings. The Morgan fingerprint density at radius 2 is 1.90 bits per heavy atom. The van der Waals surface area contributed by atoms with Crippen LogP contribution in [0, 0.1) is 0 Å². The lowest BCUT2D eigenvalue weighted by Crippen LogP contribution is -2.10. The van der Waals surface area contributed by atoms with Crippen LogP contribution in [0.5, 0.6) is 5.75 Å². The largest absolute Gasteiger partial charge is 0.486 e. The van der Waals surface area contributed by atoms with E-state index in [-0.39, 0.29) is 6.61 Å². The van der Waals surface area contributed by atoms with Gasteiger partial charge in [-0.05, 0) is 34.1 Å². The zero-order valence-corrected chi connectivity index (χ0v) is 13.8. The third kappa shape index (κ3) is 3.68. The van der Waals surface area contributed by atoms with Crippen LogP contribution in [0.4, 0.5) is 5.82 Å². The second-order valence-corrected chi connectivity index (χ2v) is 5.83. The van der Waals surface area contributed by atoms with Crippen LogP contribution in [0.1, 0.15) is 5.69 Å². The van der Waals surface area contributed by atoms with Gasteiger partial charge in [0, 0.05) is 10.5 Å². The van der Waals surface area contributed by atoms with Crippen molar-refractivity contribution in [3.8, 4) is 5.75 Å². The standard InChI is InChI=1S/C12H9BrCl3N3O/c13-6-3-9(16)11(4-8(6)15)20-5-10-7(14)1-2-12(18-10)19-17/h1-4H,5,17H2,(H,18,19). The highest BCUT2D eigenvalue weighted by Crippen LogP contribution is 2.34. The Labute approximate surface area is 139 Å². The van der Waals surface area contributed by atoms with E-state index in [9.17, 15) is 0 Å². The fourth-order valence-electron chi connectivity index (χ4n) is 1.43. The predicted molar refractivity (Wildman–Crippen MR) is 85.6 cm³/mol. The first-order valence-corrected chi connectivity index (χ1v) is 7.33. The summed E-state index contributed by atoms with van der Waals surface area (Å²) in [5, 5.41) is 1.41. The summed E-state index contributed by atoms with van der Waals surface area (Å²) in [5.41, 5.74) is 2.98. The number of hydrogen-bond donors (Lipinski definition) is 2. The van der Waals surface area contributed by atoms with Gasteiger partial charge in [-0.15, -0.1) is 0 Å². The highest BCUT2D eigenvalue weighted by Gasteiger charge is 2.09. The summed E-state index contributed by atoms with van der Waals surface area (Å²) >= 11 is 21.4. The zero-order valence-electron chi connectivity index (χ0n) is 9.96. The SMILES string of the molecule is NNc1ccc(Cl)c(COc2cc(Cl)c(Br)cc2Cl)n1. The summed E-state index contributed by atoms with van der Waals surface area (Å²) in [5.74, 6) is 6.24. The molecule has 0 aliphatic carbocycles. The van der Waals surface area contributed by atoms with Crippen molar-refractivity contribution in [2.24, 2.45) is 5.84 Å². The van der Waals surface area contributed by atoms with E-state index < -0.39 is 0 Å². The smallest absolute Gasteiger partial charge is 0.140 e. The minimum Gasteiger partial charge on any atom is -0.486 e. The molecule has 0 saturated heterocycles. The van der Waals surface area contributed by atoms with Crippen molar-refractivity contribution in [2.75, 3.05) is 5.43 Å². The molecule has 106 valence electrons. The molecule has 0 aliphatic heterocycles. The Bertz CT molecular complexity index is 640. The van der Waals surface area contributed by atoms with Gasteiger partial charge in [-0.3, -0.25) is 0 Å². The summed E-state index contributed by atoms with van der Waals surface area (Å²) in [4.78, 5) is 4.20. The third-order valence-electron chi connectivity index (χ3n) is 2.41.